The number of amides is 1. The van der Waals surface area contributed by atoms with Crippen molar-refractivity contribution in [3.05, 3.63) is 94.8 Å². The van der Waals surface area contributed by atoms with Crippen molar-refractivity contribution in [3.8, 4) is 5.69 Å². The monoisotopic (exact) mass is 429 g/mol. The molecule has 1 N–H and O–H groups in total. The van der Waals surface area contributed by atoms with Crippen molar-refractivity contribution < 1.29 is 4.79 Å². The summed E-state index contributed by atoms with van der Waals surface area (Å²) in [4.78, 5) is 30.7. The van der Waals surface area contributed by atoms with Gasteiger partial charge >= 0.3 is 0 Å². The van der Waals surface area contributed by atoms with Crippen LogP contribution in [0.15, 0.2) is 88.8 Å². The molecule has 0 unspecified atom stereocenters. The molecular weight excluding hydrogens is 406 g/mol. The lowest BCUT2D eigenvalue weighted by molar-refractivity contribution is -0.113. The number of carbonyl (C=O) groups is 1. The molecule has 0 spiro atoms. The third-order valence-electron chi connectivity index (χ3n) is 4.93. The summed E-state index contributed by atoms with van der Waals surface area (Å²) in [6, 6.07) is 24.5. The Hall–Kier alpha value is -3.38. The molecule has 0 fully saturated rings. The lowest BCUT2D eigenvalue weighted by Gasteiger charge is -2.18. The normalized spacial score (nSPS) is 11.1. The van der Waals surface area contributed by atoms with Gasteiger partial charge in [-0.1, -0.05) is 74.1 Å². The van der Waals surface area contributed by atoms with Gasteiger partial charge in [-0.05, 0) is 41.8 Å². The van der Waals surface area contributed by atoms with E-state index in [-0.39, 0.29) is 23.1 Å². The number of hydrogen-bond acceptors (Lipinski definition) is 4. The fourth-order valence-corrected chi connectivity index (χ4v) is 4.26. The molecule has 3 aromatic carbocycles. The summed E-state index contributed by atoms with van der Waals surface area (Å²) in [6.07, 6.45) is 0. The number of carbonyl (C=O) groups excluding carboxylic acids is 1. The van der Waals surface area contributed by atoms with Crippen molar-refractivity contribution in [1.29, 1.82) is 0 Å². The van der Waals surface area contributed by atoms with Crippen molar-refractivity contribution in [3.63, 3.8) is 0 Å². The molecule has 31 heavy (non-hydrogen) atoms. The number of hydrogen-bond donors (Lipinski definition) is 1. The van der Waals surface area contributed by atoms with Gasteiger partial charge in [0, 0.05) is 5.69 Å². The van der Waals surface area contributed by atoms with Gasteiger partial charge in [-0.25, -0.2) is 4.98 Å². The van der Waals surface area contributed by atoms with Gasteiger partial charge in [0.05, 0.1) is 22.3 Å². The first kappa shape index (κ1) is 20.9. The lowest BCUT2D eigenvalue weighted by Crippen LogP contribution is -2.24. The van der Waals surface area contributed by atoms with E-state index in [2.05, 4.69) is 19.2 Å². The van der Waals surface area contributed by atoms with E-state index in [4.69, 9.17) is 4.98 Å². The fourth-order valence-electron chi connectivity index (χ4n) is 3.45. The Labute approximate surface area is 185 Å². The number of nitrogens with zero attached hydrogens (tertiary/aromatic N) is 2. The van der Waals surface area contributed by atoms with E-state index in [9.17, 15) is 9.59 Å². The van der Waals surface area contributed by atoms with Crippen molar-refractivity contribution in [1.82, 2.24) is 9.55 Å². The predicted octanol–water partition coefficient (Wildman–Crippen LogP) is 5.24. The van der Waals surface area contributed by atoms with E-state index >= 15 is 0 Å². The van der Waals surface area contributed by atoms with Crippen LogP contribution in [-0.2, 0) is 4.79 Å². The molecule has 1 heterocycles. The zero-order valence-electron chi connectivity index (χ0n) is 17.4. The quantitative estimate of drug-likeness (QED) is 0.336. The number of fused-ring (bicyclic) bond motifs is 1. The molecular formula is C25H23N3O2S. The summed E-state index contributed by atoms with van der Waals surface area (Å²) in [5, 5.41) is 3.93. The highest BCUT2D eigenvalue weighted by Gasteiger charge is 2.18. The molecule has 6 heteroatoms. The molecule has 0 bridgehead atoms. The number of thioether (sulfide) groups is 1. The van der Waals surface area contributed by atoms with Crippen LogP contribution in [0.25, 0.3) is 16.6 Å². The topological polar surface area (TPSA) is 64.0 Å². The van der Waals surface area contributed by atoms with Crippen LogP contribution in [0, 0.1) is 0 Å². The second-order valence-corrected chi connectivity index (χ2v) is 8.41. The highest BCUT2D eigenvalue weighted by molar-refractivity contribution is 7.99. The molecule has 0 aliphatic heterocycles. The molecule has 0 saturated heterocycles. The summed E-state index contributed by atoms with van der Waals surface area (Å²) in [7, 11) is 0. The standard InChI is InChI=1S/C25H23N3O2S/c1-17(2)19-12-7-9-15-22(19)28-24(30)20-13-6-8-14-21(20)27-25(28)31-16-23(29)26-18-10-4-3-5-11-18/h3-15,17H,16H2,1-2H3,(H,26,29). The van der Waals surface area contributed by atoms with Crippen LogP contribution in [-0.4, -0.2) is 21.2 Å². The van der Waals surface area contributed by atoms with E-state index in [1.165, 1.54) is 11.8 Å². The Bertz CT molecular complexity index is 1280. The van der Waals surface area contributed by atoms with Crippen LogP contribution >= 0.6 is 11.8 Å². The summed E-state index contributed by atoms with van der Waals surface area (Å²) < 4.78 is 1.64. The highest BCUT2D eigenvalue weighted by Crippen LogP contribution is 2.27. The minimum atomic E-state index is -0.151. The van der Waals surface area contributed by atoms with Crippen LogP contribution in [0.5, 0.6) is 0 Å². The number of nitrogens with one attached hydrogen (secondary N) is 1. The predicted molar refractivity (Wildman–Crippen MR) is 127 cm³/mol. The maximum Gasteiger partial charge on any atom is 0.266 e. The number of benzene rings is 3. The van der Waals surface area contributed by atoms with Gasteiger partial charge in [0.15, 0.2) is 5.16 Å². The van der Waals surface area contributed by atoms with Gasteiger partial charge in [-0.2, -0.15) is 0 Å². The largest absolute Gasteiger partial charge is 0.325 e. The molecule has 4 rings (SSSR count). The van der Waals surface area contributed by atoms with E-state index in [1.807, 2.05) is 72.8 Å². The van der Waals surface area contributed by atoms with E-state index < -0.39 is 0 Å². The lowest BCUT2D eigenvalue weighted by atomic mass is 10.0. The smallest absolute Gasteiger partial charge is 0.266 e. The van der Waals surface area contributed by atoms with Gasteiger partial charge in [0.1, 0.15) is 0 Å². The molecule has 0 radical (unpaired) electrons. The van der Waals surface area contributed by atoms with Gasteiger partial charge in [-0.3, -0.25) is 14.2 Å². The van der Waals surface area contributed by atoms with E-state index in [1.54, 1.807) is 10.6 Å². The minimum absolute atomic E-state index is 0.135. The Morgan fingerprint density at radius 2 is 1.65 bits per heavy atom. The van der Waals surface area contributed by atoms with E-state index in [0.717, 1.165) is 16.9 Å². The first-order chi connectivity index (χ1) is 15.0. The molecule has 0 aliphatic carbocycles. The summed E-state index contributed by atoms with van der Waals surface area (Å²) in [5.41, 5.74) is 3.08. The average Bonchev–Trinajstić information content (AvgIpc) is 2.78. The van der Waals surface area contributed by atoms with Gasteiger partial charge in [0.2, 0.25) is 5.91 Å². The third kappa shape index (κ3) is 4.54. The summed E-state index contributed by atoms with van der Waals surface area (Å²) in [5.74, 6) is 0.222. The van der Waals surface area contributed by atoms with Gasteiger partial charge in [-0.15, -0.1) is 0 Å². The van der Waals surface area contributed by atoms with Crippen molar-refractivity contribution >= 4 is 34.3 Å². The summed E-state index contributed by atoms with van der Waals surface area (Å²) in [6.45, 7) is 4.19. The van der Waals surface area contributed by atoms with Gasteiger partial charge < -0.3 is 5.32 Å². The zero-order chi connectivity index (χ0) is 21.8. The SMILES string of the molecule is CC(C)c1ccccc1-n1c(SCC(=O)Nc2ccccc2)nc2ccccc2c1=O. The van der Waals surface area contributed by atoms with Crippen LogP contribution < -0.4 is 10.9 Å². The zero-order valence-corrected chi connectivity index (χ0v) is 18.2. The Balaban J connectivity index is 1.75. The van der Waals surface area contributed by atoms with E-state index in [0.29, 0.717) is 16.1 Å². The molecule has 0 aliphatic rings. The summed E-state index contributed by atoms with van der Waals surface area (Å²) >= 11 is 1.26. The van der Waals surface area contributed by atoms with Crippen molar-refractivity contribution in [2.75, 3.05) is 11.1 Å². The molecule has 1 aromatic heterocycles. The molecule has 156 valence electrons. The van der Waals surface area contributed by atoms with Crippen LogP contribution in [0.1, 0.15) is 25.3 Å². The Morgan fingerprint density at radius 3 is 2.42 bits per heavy atom. The molecule has 0 atom stereocenters. The van der Waals surface area contributed by atoms with Crippen molar-refractivity contribution in [2.24, 2.45) is 0 Å². The minimum Gasteiger partial charge on any atom is -0.325 e. The number of rotatable bonds is 6. The average molecular weight is 430 g/mol. The van der Waals surface area contributed by atoms with Crippen LogP contribution in [0.2, 0.25) is 0 Å². The second kappa shape index (κ2) is 9.18. The Morgan fingerprint density at radius 1 is 0.968 bits per heavy atom. The molecule has 5 nitrogen and oxygen atoms in total. The maximum atomic E-state index is 13.5. The second-order valence-electron chi connectivity index (χ2n) is 7.47. The molecule has 1 amide bonds. The number of anilines is 1. The number of para-hydroxylation sites is 3. The first-order valence-electron chi connectivity index (χ1n) is 10.1. The Kier molecular flexibility index (Phi) is 6.18. The number of aromatic nitrogens is 2. The highest BCUT2D eigenvalue weighted by atomic mass is 32.2. The molecule has 4 aromatic rings. The van der Waals surface area contributed by atoms with Crippen LogP contribution in [0.4, 0.5) is 5.69 Å². The van der Waals surface area contributed by atoms with Crippen LogP contribution in [0.3, 0.4) is 0 Å². The van der Waals surface area contributed by atoms with Crippen molar-refractivity contribution in [2.45, 2.75) is 24.9 Å². The van der Waals surface area contributed by atoms with Gasteiger partial charge in [0.25, 0.3) is 5.56 Å². The third-order valence-corrected chi connectivity index (χ3v) is 5.87. The maximum absolute atomic E-state index is 13.5. The molecule has 0 saturated carbocycles. The first-order valence-corrected chi connectivity index (χ1v) is 11.1. The fraction of sp³-hybridized carbons (Fsp3) is 0.160.